The first-order valence-electron chi connectivity index (χ1n) is 10.1. The molecule has 0 bridgehead atoms. The van der Waals surface area contributed by atoms with E-state index in [1.807, 2.05) is 31.2 Å². The number of benzene rings is 2. The van der Waals surface area contributed by atoms with Gasteiger partial charge in [-0.05, 0) is 49.1 Å². The van der Waals surface area contributed by atoms with Gasteiger partial charge in [0.05, 0.1) is 24.1 Å². The highest BCUT2D eigenvalue weighted by Crippen LogP contribution is 2.32. The monoisotopic (exact) mass is 472 g/mol. The Morgan fingerprint density at radius 3 is 2.50 bits per heavy atom. The van der Waals surface area contributed by atoms with Gasteiger partial charge in [-0.3, -0.25) is 9.10 Å². The van der Waals surface area contributed by atoms with Crippen LogP contribution in [0, 0.1) is 0 Å². The van der Waals surface area contributed by atoms with Crippen LogP contribution in [0.25, 0.3) is 0 Å². The molecule has 2 rings (SSSR count). The molecule has 10 heteroatoms. The van der Waals surface area contributed by atoms with Crippen LogP contribution in [0.2, 0.25) is 0 Å². The maximum Gasteiger partial charge on any atom is 0.416 e. The lowest BCUT2D eigenvalue weighted by molar-refractivity contribution is -0.137. The zero-order valence-electron chi connectivity index (χ0n) is 18.0. The van der Waals surface area contributed by atoms with Gasteiger partial charge in [0.2, 0.25) is 15.9 Å². The van der Waals surface area contributed by atoms with Crippen molar-refractivity contribution in [3.8, 4) is 5.75 Å². The molecule has 0 atom stereocenters. The standard InChI is InChI=1S/C22H27F3N2O4S/c1-3-14-31-20-12-5-4-8-17(20)9-7-13-26-21(28)16-27(32(2,29)30)19-11-6-10-18(15-19)22(23,24)25/h4-6,8,10-12,15H,3,7,9,13-14,16H2,1-2H3,(H,26,28). The molecule has 176 valence electrons. The molecule has 2 aromatic rings. The number of aryl methyl sites for hydroxylation is 1. The predicted octanol–water partition coefficient (Wildman–Crippen LogP) is 4.01. The summed E-state index contributed by atoms with van der Waals surface area (Å²) in [4.78, 5) is 12.3. The van der Waals surface area contributed by atoms with Gasteiger partial charge >= 0.3 is 6.18 Å². The number of ether oxygens (including phenoxy) is 1. The lowest BCUT2D eigenvalue weighted by Gasteiger charge is -2.22. The normalized spacial score (nSPS) is 11.8. The average Bonchev–Trinajstić information content (AvgIpc) is 2.73. The third-order valence-corrected chi connectivity index (χ3v) is 5.67. The molecule has 0 heterocycles. The minimum absolute atomic E-state index is 0.223. The molecule has 0 saturated heterocycles. The molecular formula is C22H27F3N2O4S. The molecule has 0 unspecified atom stereocenters. The van der Waals surface area contributed by atoms with Crippen molar-refractivity contribution < 1.29 is 31.1 Å². The van der Waals surface area contributed by atoms with Crippen LogP contribution in [0.5, 0.6) is 5.75 Å². The second-order valence-electron chi connectivity index (χ2n) is 7.23. The molecule has 1 amide bonds. The van der Waals surface area contributed by atoms with Gasteiger partial charge in [-0.15, -0.1) is 0 Å². The van der Waals surface area contributed by atoms with Gasteiger partial charge in [0, 0.05) is 6.54 Å². The lowest BCUT2D eigenvalue weighted by atomic mass is 10.1. The summed E-state index contributed by atoms with van der Waals surface area (Å²) in [5.41, 5.74) is -0.218. The lowest BCUT2D eigenvalue weighted by Crippen LogP contribution is -2.40. The fourth-order valence-corrected chi connectivity index (χ4v) is 3.84. The maximum atomic E-state index is 13.0. The summed E-state index contributed by atoms with van der Waals surface area (Å²) < 4.78 is 69.5. The SMILES string of the molecule is CCCOc1ccccc1CCCNC(=O)CN(c1cccc(C(F)(F)F)c1)S(C)(=O)=O. The number of para-hydroxylation sites is 1. The number of carbonyl (C=O) groups excluding carboxylic acids is 1. The van der Waals surface area contributed by atoms with Crippen LogP contribution >= 0.6 is 0 Å². The van der Waals surface area contributed by atoms with Gasteiger partial charge in [-0.2, -0.15) is 13.2 Å². The maximum absolute atomic E-state index is 13.0. The van der Waals surface area contributed by atoms with Crippen LogP contribution in [-0.4, -0.2) is 40.3 Å². The smallest absolute Gasteiger partial charge is 0.416 e. The van der Waals surface area contributed by atoms with E-state index >= 15 is 0 Å². The molecule has 0 aliphatic carbocycles. The van der Waals surface area contributed by atoms with E-state index in [1.54, 1.807) is 0 Å². The van der Waals surface area contributed by atoms with Crippen molar-refractivity contribution in [3.63, 3.8) is 0 Å². The first kappa shape index (κ1) is 25.5. The zero-order chi connectivity index (χ0) is 23.8. The second kappa shape index (κ2) is 11.2. The number of nitrogens with zero attached hydrogens (tertiary/aromatic N) is 1. The van der Waals surface area contributed by atoms with Crippen LogP contribution in [-0.2, 0) is 27.4 Å². The quantitative estimate of drug-likeness (QED) is 0.502. The van der Waals surface area contributed by atoms with Crippen molar-refractivity contribution in [2.24, 2.45) is 0 Å². The molecule has 1 N–H and O–H groups in total. The van der Waals surface area contributed by atoms with Crippen LogP contribution < -0.4 is 14.4 Å². The summed E-state index contributed by atoms with van der Waals surface area (Å²) >= 11 is 0. The third kappa shape index (κ3) is 7.74. The molecule has 0 radical (unpaired) electrons. The Morgan fingerprint density at radius 2 is 1.84 bits per heavy atom. The molecule has 0 aliphatic heterocycles. The molecule has 32 heavy (non-hydrogen) atoms. The Kier molecular flexibility index (Phi) is 8.94. The predicted molar refractivity (Wildman–Crippen MR) is 117 cm³/mol. The second-order valence-corrected chi connectivity index (χ2v) is 9.13. The molecule has 0 spiro atoms. The Morgan fingerprint density at radius 1 is 1.12 bits per heavy atom. The molecular weight excluding hydrogens is 445 g/mol. The van der Waals surface area contributed by atoms with Gasteiger partial charge in [-0.25, -0.2) is 8.42 Å². The first-order chi connectivity index (χ1) is 15.0. The number of sulfonamides is 1. The largest absolute Gasteiger partial charge is 0.493 e. The Hall–Kier alpha value is -2.75. The molecule has 2 aromatic carbocycles. The first-order valence-corrected chi connectivity index (χ1v) is 12.0. The minimum Gasteiger partial charge on any atom is -0.493 e. The summed E-state index contributed by atoms with van der Waals surface area (Å²) in [6.45, 7) is 2.28. The number of anilines is 1. The van der Waals surface area contributed by atoms with Crippen molar-refractivity contribution >= 4 is 21.6 Å². The van der Waals surface area contributed by atoms with Gasteiger partial charge in [0.1, 0.15) is 12.3 Å². The molecule has 0 fully saturated rings. The number of alkyl halides is 3. The molecule has 0 saturated carbocycles. The summed E-state index contributed by atoms with van der Waals surface area (Å²) in [6.07, 6.45) is -1.68. The summed E-state index contributed by atoms with van der Waals surface area (Å²) in [7, 11) is -3.97. The third-order valence-electron chi connectivity index (χ3n) is 4.53. The van der Waals surface area contributed by atoms with E-state index in [4.69, 9.17) is 4.74 Å². The Balaban J connectivity index is 1.97. The topological polar surface area (TPSA) is 75.7 Å². The number of nitrogens with one attached hydrogen (secondary N) is 1. The molecule has 0 aliphatic rings. The highest BCUT2D eigenvalue weighted by atomic mass is 32.2. The Bertz CT molecular complexity index is 1010. The summed E-state index contributed by atoms with van der Waals surface area (Å²) in [5, 5.41) is 2.62. The Labute approximate surface area is 186 Å². The number of amides is 1. The van der Waals surface area contributed by atoms with E-state index < -0.39 is 34.2 Å². The van der Waals surface area contributed by atoms with Gasteiger partial charge in [0.15, 0.2) is 0 Å². The number of hydrogen-bond donors (Lipinski definition) is 1. The number of halogens is 3. The van der Waals surface area contributed by atoms with Crippen LogP contribution in [0.1, 0.15) is 30.9 Å². The van der Waals surface area contributed by atoms with E-state index in [0.717, 1.165) is 36.1 Å². The average molecular weight is 473 g/mol. The summed E-state index contributed by atoms with van der Waals surface area (Å²) in [5.74, 6) is 0.178. The number of carbonyl (C=O) groups is 1. The highest BCUT2D eigenvalue weighted by molar-refractivity contribution is 7.92. The van der Waals surface area contributed by atoms with Crippen molar-refractivity contribution in [3.05, 3.63) is 59.7 Å². The van der Waals surface area contributed by atoms with Gasteiger partial charge in [0.25, 0.3) is 0 Å². The van der Waals surface area contributed by atoms with E-state index in [-0.39, 0.29) is 12.2 Å². The van der Waals surface area contributed by atoms with Crippen molar-refractivity contribution in [2.45, 2.75) is 32.4 Å². The van der Waals surface area contributed by atoms with Crippen LogP contribution in [0.4, 0.5) is 18.9 Å². The fourth-order valence-electron chi connectivity index (χ4n) is 2.99. The zero-order valence-corrected chi connectivity index (χ0v) is 18.8. The van der Waals surface area contributed by atoms with Crippen molar-refractivity contribution in [2.75, 3.05) is 30.3 Å². The van der Waals surface area contributed by atoms with E-state index in [1.165, 1.54) is 6.07 Å². The minimum atomic E-state index is -4.63. The number of rotatable bonds is 11. The van der Waals surface area contributed by atoms with Gasteiger partial charge < -0.3 is 10.1 Å². The van der Waals surface area contributed by atoms with Crippen LogP contribution in [0.3, 0.4) is 0 Å². The van der Waals surface area contributed by atoms with Crippen molar-refractivity contribution in [1.82, 2.24) is 5.32 Å². The van der Waals surface area contributed by atoms with Gasteiger partial charge in [-0.1, -0.05) is 31.2 Å². The van der Waals surface area contributed by atoms with Crippen molar-refractivity contribution in [1.29, 1.82) is 0 Å². The van der Waals surface area contributed by atoms with Crippen LogP contribution in [0.15, 0.2) is 48.5 Å². The highest BCUT2D eigenvalue weighted by Gasteiger charge is 2.32. The summed E-state index contributed by atoms with van der Waals surface area (Å²) in [6, 6.07) is 11.5. The molecule has 6 nitrogen and oxygen atoms in total. The molecule has 0 aromatic heterocycles. The van der Waals surface area contributed by atoms with E-state index in [0.29, 0.717) is 29.8 Å². The van der Waals surface area contributed by atoms with E-state index in [9.17, 15) is 26.4 Å². The van der Waals surface area contributed by atoms with E-state index in [2.05, 4.69) is 5.32 Å². The fraction of sp³-hybridized carbons (Fsp3) is 0.409. The number of hydrogen-bond acceptors (Lipinski definition) is 4.